The highest BCUT2D eigenvalue weighted by Gasteiger charge is 2.30. The van der Waals surface area contributed by atoms with E-state index >= 15 is 0 Å². The molecule has 5 nitrogen and oxygen atoms in total. The Bertz CT molecular complexity index is 1090. The van der Waals surface area contributed by atoms with Crippen LogP contribution in [0.25, 0.3) is 22.0 Å². The number of hydrogen-bond acceptors (Lipinski definition) is 4. The second-order valence-corrected chi connectivity index (χ2v) is 6.20. The Morgan fingerprint density at radius 2 is 1.93 bits per heavy atom. The van der Waals surface area contributed by atoms with Gasteiger partial charge in [-0.3, -0.25) is 9.36 Å². The molecule has 0 saturated heterocycles. The summed E-state index contributed by atoms with van der Waals surface area (Å²) in [5.74, 6) is -0.491. The molecule has 142 valence electrons. The molecule has 0 saturated carbocycles. The Hall–Kier alpha value is -2.81. The third kappa shape index (κ3) is 3.68. The average Bonchev–Trinajstić information content (AvgIpc) is 2.59. The van der Waals surface area contributed by atoms with Gasteiger partial charge in [0.1, 0.15) is 18.2 Å². The number of halogens is 5. The lowest BCUT2D eigenvalue weighted by Gasteiger charge is -2.16. The molecule has 0 amide bonds. The molecule has 0 aliphatic carbocycles. The van der Waals surface area contributed by atoms with Crippen LogP contribution < -0.4 is 16.6 Å². The molecule has 0 atom stereocenters. The molecular formula is C17H13ClF4N4O. The van der Waals surface area contributed by atoms with Crippen molar-refractivity contribution in [2.24, 2.45) is 0 Å². The van der Waals surface area contributed by atoms with Crippen molar-refractivity contribution in [3.05, 3.63) is 51.7 Å². The Morgan fingerprint density at radius 1 is 1.22 bits per heavy atom. The number of aromatic nitrogens is 2. The Kier molecular flexibility index (Phi) is 4.73. The lowest BCUT2D eigenvalue weighted by atomic mass is 10.0. The van der Waals surface area contributed by atoms with Crippen LogP contribution in [0.3, 0.4) is 0 Å². The predicted octanol–water partition coefficient (Wildman–Crippen LogP) is 4.04. The minimum Gasteiger partial charge on any atom is -0.396 e. The first-order valence-electron chi connectivity index (χ1n) is 7.63. The zero-order valence-electron chi connectivity index (χ0n) is 13.9. The normalized spacial score (nSPS) is 11.8. The van der Waals surface area contributed by atoms with Gasteiger partial charge >= 0.3 is 6.18 Å². The monoisotopic (exact) mass is 400 g/mol. The van der Waals surface area contributed by atoms with Gasteiger partial charge in [-0.25, -0.2) is 9.37 Å². The Balaban J connectivity index is 2.37. The number of anilines is 2. The highest BCUT2D eigenvalue weighted by molar-refractivity contribution is 6.33. The zero-order chi connectivity index (χ0) is 19.9. The number of nitrogens with zero attached hydrogens (tertiary/aromatic N) is 2. The maximum Gasteiger partial charge on any atom is 0.406 e. The van der Waals surface area contributed by atoms with Gasteiger partial charge in [0, 0.05) is 35.8 Å². The van der Waals surface area contributed by atoms with Gasteiger partial charge in [0.05, 0.1) is 16.2 Å². The molecule has 27 heavy (non-hydrogen) atoms. The number of nitrogen functional groups attached to an aromatic ring is 1. The zero-order valence-corrected chi connectivity index (χ0v) is 14.6. The van der Waals surface area contributed by atoms with Gasteiger partial charge in [-0.05, 0) is 18.2 Å². The van der Waals surface area contributed by atoms with Crippen molar-refractivity contribution in [3.63, 3.8) is 0 Å². The van der Waals surface area contributed by atoms with Crippen LogP contribution in [-0.2, 0) is 6.54 Å². The van der Waals surface area contributed by atoms with Crippen molar-refractivity contribution in [1.82, 2.24) is 9.55 Å². The SMILES string of the molecule is CNc1cc2c(cn1)cc(-c1cc(N)c(F)cc1Cl)c(=O)n2CC(F)(F)F. The molecule has 10 heteroatoms. The summed E-state index contributed by atoms with van der Waals surface area (Å²) in [7, 11) is 1.55. The standard InChI is InChI=1S/C17H13ClF4N4O/c1-24-15-5-14-8(6-25-15)2-10(16(27)26(14)7-17(20,21)22)9-3-13(23)12(19)4-11(9)18/h2-6H,7,23H2,1H3,(H,24,25). The van der Waals surface area contributed by atoms with E-state index in [0.29, 0.717) is 10.4 Å². The smallest absolute Gasteiger partial charge is 0.396 e. The second-order valence-electron chi connectivity index (χ2n) is 5.80. The van der Waals surface area contributed by atoms with E-state index in [4.69, 9.17) is 17.3 Å². The third-order valence-corrected chi connectivity index (χ3v) is 4.26. The Morgan fingerprint density at radius 3 is 2.56 bits per heavy atom. The fraction of sp³-hybridized carbons (Fsp3) is 0.176. The van der Waals surface area contributed by atoms with E-state index in [9.17, 15) is 22.4 Å². The van der Waals surface area contributed by atoms with Crippen molar-refractivity contribution >= 4 is 34.0 Å². The molecule has 0 bridgehead atoms. The molecule has 2 aromatic heterocycles. The van der Waals surface area contributed by atoms with Gasteiger partial charge in [-0.1, -0.05) is 11.6 Å². The molecule has 2 heterocycles. The van der Waals surface area contributed by atoms with Gasteiger partial charge in [-0.2, -0.15) is 13.2 Å². The van der Waals surface area contributed by atoms with Crippen LogP contribution in [0.5, 0.6) is 0 Å². The molecule has 0 unspecified atom stereocenters. The number of nitrogens with one attached hydrogen (secondary N) is 1. The summed E-state index contributed by atoms with van der Waals surface area (Å²) in [4.78, 5) is 16.9. The maximum atomic E-state index is 13.6. The van der Waals surface area contributed by atoms with Crippen LogP contribution >= 0.6 is 11.6 Å². The first-order chi connectivity index (χ1) is 12.6. The third-order valence-electron chi connectivity index (χ3n) is 3.95. The summed E-state index contributed by atoms with van der Waals surface area (Å²) in [6, 6.07) is 4.72. The average molecular weight is 401 g/mol. The fourth-order valence-corrected chi connectivity index (χ4v) is 2.96. The molecule has 3 rings (SSSR count). The van der Waals surface area contributed by atoms with E-state index in [0.717, 1.165) is 12.1 Å². The van der Waals surface area contributed by atoms with Gasteiger partial charge in [0.25, 0.3) is 5.56 Å². The van der Waals surface area contributed by atoms with Gasteiger partial charge in [0.15, 0.2) is 0 Å². The van der Waals surface area contributed by atoms with Crippen molar-refractivity contribution in [3.8, 4) is 11.1 Å². The lowest BCUT2D eigenvalue weighted by Crippen LogP contribution is -2.29. The summed E-state index contributed by atoms with van der Waals surface area (Å²) in [6.45, 7) is -1.50. The van der Waals surface area contributed by atoms with Crippen molar-refractivity contribution in [1.29, 1.82) is 0 Å². The maximum absolute atomic E-state index is 13.6. The number of nitrogens with two attached hydrogens (primary N) is 1. The fourth-order valence-electron chi connectivity index (χ4n) is 2.71. The first-order valence-corrected chi connectivity index (χ1v) is 8.01. The molecule has 0 fully saturated rings. The molecule has 0 radical (unpaired) electrons. The number of alkyl halides is 3. The summed E-state index contributed by atoms with van der Waals surface area (Å²) in [5, 5.41) is 2.85. The van der Waals surface area contributed by atoms with Crippen LogP contribution in [0.2, 0.25) is 5.02 Å². The van der Waals surface area contributed by atoms with E-state index < -0.39 is 24.1 Å². The predicted molar refractivity (Wildman–Crippen MR) is 96.4 cm³/mol. The van der Waals surface area contributed by atoms with E-state index in [2.05, 4.69) is 10.3 Å². The quantitative estimate of drug-likeness (QED) is 0.514. The van der Waals surface area contributed by atoms with Crippen LogP contribution in [0.1, 0.15) is 0 Å². The number of fused-ring (bicyclic) bond motifs is 1. The molecule has 1 aromatic carbocycles. The van der Waals surface area contributed by atoms with E-state index in [-0.39, 0.29) is 32.7 Å². The number of pyridine rings is 2. The molecule has 0 spiro atoms. The minimum absolute atomic E-state index is 0.0380. The lowest BCUT2D eigenvalue weighted by molar-refractivity contribution is -0.140. The van der Waals surface area contributed by atoms with Crippen LogP contribution in [0.15, 0.2) is 35.3 Å². The van der Waals surface area contributed by atoms with Gasteiger partial charge in [-0.15, -0.1) is 0 Å². The van der Waals surface area contributed by atoms with Crippen LogP contribution in [-0.4, -0.2) is 22.8 Å². The molecule has 0 aliphatic rings. The summed E-state index contributed by atoms with van der Waals surface area (Å²) in [6.07, 6.45) is -3.30. The molecule has 3 N–H and O–H groups in total. The first kappa shape index (κ1) is 19.0. The van der Waals surface area contributed by atoms with Crippen LogP contribution in [0, 0.1) is 5.82 Å². The Labute approximate surface area is 155 Å². The molecular weight excluding hydrogens is 388 g/mol. The van der Waals surface area contributed by atoms with Gasteiger partial charge < -0.3 is 11.1 Å². The van der Waals surface area contributed by atoms with E-state index in [1.807, 2.05) is 0 Å². The molecule has 3 aromatic rings. The summed E-state index contributed by atoms with van der Waals surface area (Å²) in [5.41, 5.74) is 4.27. The van der Waals surface area contributed by atoms with E-state index in [1.165, 1.54) is 18.3 Å². The number of hydrogen-bond donors (Lipinski definition) is 2. The summed E-state index contributed by atoms with van der Waals surface area (Å²) >= 11 is 6.00. The highest BCUT2D eigenvalue weighted by Crippen LogP contribution is 2.32. The largest absolute Gasteiger partial charge is 0.406 e. The van der Waals surface area contributed by atoms with E-state index in [1.54, 1.807) is 7.05 Å². The topological polar surface area (TPSA) is 72.9 Å². The number of benzene rings is 1. The van der Waals surface area contributed by atoms with Crippen molar-refractivity contribution in [2.45, 2.75) is 12.7 Å². The minimum atomic E-state index is -4.63. The summed E-state index contributed by atoms with van der Waals surface area (Å²) < 4.78 is 53.4. The second kappa shape index (κ2) is 6.73. The molecule has 0 aliphatic heterocycles. The van der Waals surface area contributed by atoms with Crippen LogP contribution in [0.4, 0.5) is 29.1 Å². The van der Waals surface area contributed by atoms with Crippen molar-refractivity contribution < 1.29 is 17.6 Å². The van der Waals surface area contributed by atoms with Gasteiger partial charge in [0.2, 0.25) is 0 Å². The van der Waals surface area contributed by atoms with Crippen molar-refractivity contribution in [2.75, 3.05) is 18.1 Å². The number of rotatable bonds is 3. The highest BCUT2D eigenvalue weighted by atomic mass is 35.5.